The minimum atomic E-state index is 0.303. The summed E-state index contributed by atoms with van der Waals surface area (Å²) < 4.78 is 7.48. The highest BCUT2D eigenvalue weighted by Gasteiger charge is 2.07. The van der Waals surface area contributed by atoms with Gasteiger partial charge in [-0.1, -0.05) is 18.2 Å². The van der Waals surface area contributed by atoms with Crippen molar-refractivity contribution < 1.29 is 4.74 Å². The van der Waals surface area contributed by atoms with Gasteiger partial charge in [0.2, 0.25) is 0 Å². The van der Waals surface area contributed by atoms with Crippen LogP contribution in [0.5, 0.6) is 5.75 Å². The maximum Gasteiger partial charge on any atom is 0.165 e. The van der Waals surface area contributed by atoms with E-state index in [2.05, 4.69) is 23.9 Å². The summed E-state index contributed by atoms with van der Waals surface area (Å²) in [6.07, 6.45) is 1.56. The fraction of sp³-hybridized carbons (Fsp3) is 0.333. The zero-order chi connectivity index (χ0) is 11.4. The number of hydrogen-bond donors (Lipinski definition) is 0. The average Bonchev–Trinajstić information content (AvgIpc) is 2.76. The molecule has 0 bridgehead atoms. The van der Waals surface area contributed by atoms with Crippen LogP contribution in [0.1, 0.15) is 25.7 Å². The van der Waals surface area contributed by atoms with E-state index in [0.29, 0.717) is 12.6 Å². The minimum absolute atomic E-state index is 0.303. The SMILES string of the molecule is CC(C)n1ncnc1COc1ccccc1. The van der Waals surface area contributed by atoms with Gasteiger partial charge in [0.1, 0.15) is 18.7 Å². The van der Waals surface area contributed by atoms with E-state index < -0.39 is 0 Å². The van der Waals surface area contributed by atoms with Gasteiger partial charge in [0.05, 0.1) is 0 Å². The van der Waals surface area contributed by atoms with Crippen LogP contribution in [0.15, 0.2) is 36.7 Å². The molecule has 0 aliphatic carbocycles. The molecule has 0 amide bonds. The first kappa shape index (κ1) is 10.7. The number of benzene rings is 1. The Morgan fingerprint density at radius 1 is 1.25 bits per heavy atom. The molecule has 0 N–H and O–H groups in total. The van der Waals surface area contributed by atoms with Crippen molar-refractivity contribution in [3.8, 4) is 5.75 Å². The first-order valence-corrected chi connectivity index (χ1v) is 5.33. The van der Waals surface area contributed by atoms with Crippen LogP contribution in [-0.4, -0.2) is 14.8 Å². The molecule has 0 atom stereocenters. The van der Waals surface area contributed by atoms with Crippen LogP contribution in [0.4, 0.5) is 0 Å². The number of ether oxygens (including phenoxy) is 1. The van der Waals surface area contributed by atoms with Crippen molar-refractivity contribution in [2.24, 2.45) is 0 Å². The Kier molecular flexibility index (Phi) is 3.19. The van der Waals surface area contributed by atoms with Gasteiger partial charge >= 0.3 is 0 Å². The Bertz CT molecular complexity index is 437. The summed E-state index contributed by atoms with van der Waals surface area (Å²) in [6, 6.07) is 10.0. The van der Waals surface area contributed by atoms with E-state index in [9.17, 15) is 0 Å². The standard InChI is InChI=1S/C12H15N3O/c1-10(2)15-12(13-9-14-15)8-16-11-6-4-3-5-7-11/h3-7,9-10H,8H2,1-2H3. The lowest BCUT2D eigenvalue weighted by Gasteiger charge is -2.10. The fourth-order valence-electron chi connectivity index (χ4n) is 1.47. The summed E-state index contributed by atoms with van der Waals surface area (Å²) in [4.78, 5) is 4.18. The lowest BCUT2D eigenvalue weighted by atomic mass is 10.3. The molecule has 84 valence electrons. The highest BCUT2D eigenvalue weighted by Crippen LogP contribution is 2.12. The molecule has 1 aromatic carbocycles. The van der Waals surface area contributed by atoms with E-state index >= 15 is 0 Å². The minimum Gasteiger partial charge on any atom is -0.486 e. The molecular weight excluding hydrogens is 202 g/mol. The van der Waals surface area contributed by atoms with E-state index in [1.807, 2.05) is 35.0 Å². The molecule has 0 saturated heterocycles. The molecule has 4 heteroatoms. The van der Waals surface area contributed by atoms with Crippen LogP contribution in [0.3, 0.4) is 0 Å². The van der Waals surface area contributed by atoms with Gasteiger partial charge < -0.3 is 4.74 Å². The largest absolute Gasteiger partial charge is 0.486 e. The highest BCUT2D eigenvalue weighted by atomic mass is 16.5. The molecule has 0 aliphatic rings. The number of nitrogens with zero attached hydrogens (tertiary/aromatic N) is 3. The summed E-state index contributed by atoms with van der Waals surface area (Å²) in [5.41, 5.74) is 0. The van der Waals surface area contributed by atoms with Gasteiger partial charge in [0, 0.05) is 6.04 Å². The molecule has 16 heavy (non-hydrogen) atoms. The predicted octanol–water partition coefficient (Wildman–Crippen LogP) is 2.44. The number of rotatable bonds is 4. The predicted molar refractivity (Wildman–Crippen MR) is 61.2 cm³/mol. The maximum atomic E-state index is 5.62. The van der Waals surface area contributed by atoms with Crippen molar-refractivity contribution in [2.75, 3.05) is 0 Å². The summed E-state index contributed by atoms with van der Waals surface area (Å²) in [5.74, 6) is 1.69. The fourth-order valence-corrected chi connectivity index (χ4v) is 1.47. The maximum absolute atomic E-state index is 5.62. The van der Waals surface area contributed by atoms with Gasteiger partial charge in [-0.3, -0.25) is 0 Å². The van der Waals surface area contributed by atoms with Gasteiger partial charge in [0.15, 0.2) is 5.82 Å². The molecule has 4 nitrogen and oxygen atoms in total. The molecule has 0 unspecified atom stereocenters. The summed E-state index contributed by atoms with van der Waals surface area (Å²) in [6.45, 7) is 4.59. The van der Waals surface area contributed by atoms with E-state index in [4.69, 9.17) is 4.74 Å². The van der Waals surface area contributed by atoms with Crippen molar-refractivity contribution >= 4 is 0 Å². The average molecular weight is 217 g/mol. The Labute approximate surface area is 94.9 Å². The first-order valence-electron chi connectivity index (χ1n) is 5.33. The third-order valence-electron chi connectivity index (χ3n) is 2.25. The smallest absolute Gasteiger partial charge is 0.165 e. The molecule has 1 aromatic heterocycles. The van der Waals surface area contributed by atoms with E-state index in [1.165, 1.54) is 0 Å². The molecule has 2 rings (SSSR count). The summed E-state index contributed by atoms with van der Waals surface area (Å²) in [5, 5.41) is 4.15. The molecule has 0 spiro atoms. The van der Waals surface area contributed by atoms with Crippen LogP contribution in [-0.2, 0) is 6.61 Å². The van der Waals surface area contributed by atoms with Crippen molar-refractivity contribution in [1.29, 1.82) is 0 Å². The first-order chi connectivity index (χ1) is 7.77. The second-order valence-corrected chi connectivity index (χ2v) is 3.82. The molecule has 2 aromatic rings. The van der Waals surface area contributed by atoms with E-state index in [1.54, 1.807) is 6.33 Å². The van der Waals surface area contributed by atoms with E-state index in [0.717, 1.165) is 11.6 Å². The van der Waals surface area contributed by atoms with Gasteiger partial charge in [0.25, 0.3) is 0 Å². The second-order valence-electron chi connectivity index (χ2n) is 3.82. The number of para-hydroxylation sites is 1. The van der Waals surface area contributed by atoms with Gasteiger partial charge in [-0.25, -0.2) is 9.67 Å². The van der Waals surface area contributed by atoms with Crippen molar-refractivity contribution in [2.45, 2.75) is 26.5 Å². The van der Waals surface area contributed by atoms with Crippen LogP contribution in [0.2, 0.25) is 0 Å². The van der Waals surface area contributed by atoms with Crippen molar-refractivity contribution in [3.05, 3.63) is 42.5 Å². The third kappa shape index (κ3) is 2.39. The Balaban J connectivity index is 2.02. The van der Waals surface area contributed by atoms with Crippen molar-refractivity contribution in [3.63, 3.8) is 0 Å². The zero-order valence-corrected chi connectivity index (χ0v) is 9.50. The van der Waals surface area contributed by atoms with Gasteiger partial charge in [-0.2, -0.15) is 5.10 Å². The molecule has 0 radical (unpaired) electrons. The topological polar surface area (TPSA) is 39.9 Å². The Morgan fingerprint density at radius 3 is 2.69 bits per heavy atom. The molecule has 0 saturated carbocycles. The molecule has 1 heterocycles. The zero-order valence-electron chi connectivity index (χ0n) is 9.50. The molecule has 0 aliphatic heterocycles. The van der Waals surface area contributed by atoms with Crippen LogP contribution in [0.25, 0.3) is 0 Å². The van der Waals surface area contributed by atoms with Crippen LogP contribution in [0, 0.1) is 0 Å². The van der Waals surface area contributed by atoms with Crippen LogP contribution < -0.4 is 4.74 Å². The summed E-state index contributed by atoms with van der Waals surface area (Å²) in [7, 11) is 0. The molecule has 0 fully saturated rings. The van der Waals surface area contributed by atoms with E-state index in [-0.39, 0.29) is 0 Å². The van der Waals surface area contributed by atoms with Crippen molar-refractivity contribution in [1.82, 2.24) is 14.8 Å². The third-order valence-corrected chi connectivity index (χ3v) is 2.25. The normalized spacial score (nSPS) is 10.7. The van der Waals surface area contributed by atoms with Gasteiger partial charge in [-0.15, -0.1) is 0 Å². The van der Waals surface area contributed by atoms with Gasteiger partial charge in [-0.05, 0) is 26.0 Å². The second kappa shape index (κ2) is 4.79. The number of aromatic nitrogens is 3. The summed E-state index contributed by atoms with van der Waals surface area (Å²) >= 11 is 0. The number of hydrogen-bond acceptors (Lipinski definition) is 3. The quantitative estimate of drug-likeness (QED) is 0.789. The Morgan fingerprint density at radius 2 is 2.00 bits per heavy atom. The van der Waals surface area contributed by atoms with Crippen LogP contribution >= 0.6 is 0 Å². The lowest BCUT2D eigenvalue weighted by Crippen LogP contribution is -2.10. The molecular formula is C12H15N3O. The lowest BCUT2D eigenvalue weighted by molar-refractivity contribution is 0.282. The Hall–Kier alpha value is -1.84. The monoisotopic (exact) mass is 217 g/mol. The highest BCUT2D eigenvalue weighted by molar-refractivity contribution is 5.20.